The number of nitrogens with one attached hydrogen (secondary N) is 1. The Morgan fingerprint density at radius 1 is 1.18 bits per heavy atom. The fraction of sp³-hybridized carbons (Fsp3) is 0.0714. The van der Waals surface area contributed by atoms with E-state index in [9.17, 15) is 0 Å². The molecule has 17 heavy (non-hydrogen) atoms. The van der Waals surface area contributed by atoms with Crippen LogP contribution >= 0.6 is 11.6 Å². The number of H-pyrrole nitrogens is 1. The predicted octanol–water partition coefficient (Wildman–Crippen LogP) is 4.19. The van der Waals surface area contributed by atoms with E-state index in [-0.39, 0.29) is 0 Å². The molecule has 0 aliphatic rings. The molecule has 0 amide bonds. The zero-order chi connectivity index (χ0) is 11.8. The molecule has 0 atom stereocenters. The molecule has 1 aromatic carbocycles. The number of nitrogens with zero attached hydrogens (tertiary/aromatic N) is 1. The highest BCUT2D eigenvalue weighted by atomic mass is 35.5. The molecule has 1 N–H and O–H groups in total. The van der Waals surface area contributed by atoms with Crippen molar-refractivity contribution in [1.29, 1.82) is 0 Å². The van der Waals surface area contributed by atoms with Crippen molar-refractivity contribution in [2.75, 3.05) is 0 Å². The maximum Gasteiger partial charge on any atom is 0.139 e. The van der Waals surface area contributed by atoms with Gasteiger partial charge in [-0.2, -0.15) is 0 Å². The van der Waals surface area contributed by atoms with Crippen LogP contribution in [0.1, 0.15) is 5.56 Å². The maximum absolute atomic E-state index is 6.13. The number of rotatable bonds is 1. The van der Waals surface area contributed by atoms with Gasteiger partial charge < -0.3 is 4.98 Å². The molecule has 3 aromatic rings. The first-order valence-corrected chi connectivity index (χ1v) is 5.82. The lowest BCUT2D eigenvalue weighted by atomic mass is 10.1. The zero-order valence-corrected chi connectivity index (χ0v) is 10.1. The van der Waals surface area contributed by atoms with E-state index in [1.807, 2.05) is 12.1 Å². The van der Waals surface area contributed by atoms with Gasteiger partial charge in [0.05, 0.1) is 5.02 Å². The number of aromatic amines is 1. The molecular weight excluding hydrogens is 232 g/mol. The molecule has 3 heteroatoms. The molecule has 0 aliphatic heterocycles. The van der Waals surface area contributed by atoms with E-state index in [0.29, 0.717) is 0 Å². The van der Waals surface area contributed by atoms with Gasteiger partial charge in [0.2, 0.25) is 0 Å². The van der Waals surface area contributed by atoms with Gasteiger partial charge >= 0.3 is 0 Å². The van der Waals surface area contributed by atoms with Crippen molar-refractivity contribution in [1.82, 2.24) is 9.97 Å². The number of fused-ring (bicyclic) bond motifs is 1. The van der Waals surface area contributed by atoms with Crippen molar-refractivity contribution in [2.45, 2.75) is 6.92 Å². The molecule has 2 heterocycles. The summed E-state index contributed by atoms with van der Waals surface area (Å²) in [5.74, 6) is 0. The third-order valence-corrected chi connectivity index (χ3v) is 3.14. The van der Waals surface area contributed by atoms with E-state index < -0.39 is 0 Å². The van der Waals surface area contributed by atoms with Gasteiger partial charge in [-0.05, 0) is 30.7 Å². The summed E-state index contributed by atoms with van der Waals surface area (Å²) in [6, 6.07) is 12.2. The molecular formula is C14H11ClN2. The van der Waals surface area contributed by atoms with Gasteiger partial charge in [0.1, 0.15) is 5.65 Å². The Kier molecular flexibility index (Phi) is 2.37. The second-order valence-corrected chi connectivity index (χ2v) is 4.51. The van der Waals surface area contributed by atoms with E-state index in [2.05, 4.69) is 35.1 Å². The van der Waals surface area contributed by atoms with Crippen molar-refractivity contribution in [2.24, 2.45) is 0 Å². The lowest BCUT2D eigenvalue weighted by Gasteiger charge is -1.98. The normalized spacial score (nSPS) is 10.9. The van der Waals surface area contributed by atoms with E-state index in [0.717, 1.165) is 27.3 Å². The fourth-order valence-electron chi connectivity index (χ4n) is 1.96. The minimum absolute atomic E-state index is 0.727. The summed E-state index contributed by atoms with van der Waals surface area (Å²) in [7, 11) is 0. The van der Waals surface area contributed by atoms with E-state index in [1.54, 1.807) is 12.3 Å². The number of aryl methyl sites for hydroxylation is 1. The Morgan fingerprint density at radius 2 is 2.06 bits per heavy atom. The smallest absolute Gasteiger partial charge is 0.139 e. The molecule has 0 spiro atoms. The average Bonchev–Trinajstić information content (AvgIpc) is 2.74. The fourth-order valence-corrected chi connectivity index (χ4v) is 2.16. The molecule has 0 saturated heterocycles. The van der Waals surface area contributed by atoms with Crippen LogP contribution in [0.5, 0.6) is 0 Å². The van der Waals surface area contributed by atoms with Gasteiger partial charge in [0, 0.05) is 17.3 Å². The second kappa shape index (κ2) is 3.90. The quantitative estimate of drug-likeness (QED) is 0.681. The van der Waals surface area contributed by atoms with Crippen molar-refractivity contribution in [3.63, 3.8) is 0 Å². The highest BCUT2D eigenvalue weighted by Gasteiger charge is 2.06. The van der Waals surface area contributed by atoms with Crippen LogP contribution in [0.15, 0.2) is 42.6 Å². The second-order valence-electron chi connectivity index (χ2n) is 4.11. The van der Waals surface area contributed by atoms with Crippen molar-refractivity contribution in [3.05, 3.63) is 53.2 Å². The predicted molar refractivity (Wildman–Crippen MR) is 71.3 cm³/mol. The maximum atomic E-state index is 6.13. The highest BCUT2D eigenvalue weighted by molar-refractivity contribution is 6.35. The lowest BCUT2D eigenvalue weighted by molar-refractivity contribution is 1.32. The van der Waals surface area contributed by atoms with Crippen LogP contribution in [0.4, 0.5) is 0 Å². The molecule has 0 unspecified atom stereocenters. The number of benzene rings is 1. The molecule has 3 rings (SSSR count). The highest BCUT2D eigenvalue weighted by Crippen LogP contribution is 2.27. The first-order chi connectivity index (χ1) is 8.24. The molecule has 2 nitrogen and oxygen atoms in total. The van der Waals surface area contributed by atoms with E-state index in [4.69, 9.17) is 11.6 Å². The molecule has 0 fully saturated rings. The lowest BCUT2D eigenvalue weighted by Crippen LogP contribution is -1.79. The molecule has 0 saturated carbocycles. The summed E-state index contributed by atoms with van der Waals surface area (Å²) >= 11 is 6.13. The summed E-state index contributed by atoms with van der Waals surface area (Å²) in [5.41, 5.74) is 4.26. The molecule has 0 aliphatic carbocycles. The van der Waals surface area contributed by atoms with Gasteiger partial charge in [0.25, 0.3) is 0 Å². The van der Waals surface area contributed by atoms with E-state index >= 15 is 0 Å². The van der Waals surface area contributed by atoms with Crippen molar-refractivity contribution < 1.29 is 0 Å². The van der Waals surface area contributed by atoms with Gasteiger partial charge in [-0.3, -0.25) is 0 Å². The number of pyridine rings is 1. The molecule has 0 radical (unpaired) electrons. The summed E-state index contributed by atoms with van der Waals surface area (Å²) in [5, 5.41) is 1.69. The van der Waals surface area contributed by atoms with Crippen LogP contribution in [-0.2, 0) is 0 Å². The van der Waals surface area contributed by atoms with Crippen LogP contribution < -0.4 is 0 Å². The third-order valence-electron chi connectivity index (χ3n) is 2.81. The number of halogens is 1. The molecule has 0 bridgehead atoms. The summed E-state index contributed by atoms with van der Waals surface area (Å²) in [6.45, 7) is 2.08. The summed E-state index contributed by atoms with van der Waals surface area (Å²) in [4.78, 5) is 7.55. The Hall–Kier alpha value is -1.80. The van der Waals surface area contributed by atoms with Gasteiger partial charge in [-0.1, -0.05) is 35.4 Å². The van der Waals surface area contributed by atoms with Gasteiger partial charge in [-0.25, -0.2) is 4.98 Å². The van der Waals surface area contributed by atoms with Crippen molar-refractivity contribution >= 4 is 22.6 Å². The summed E-state index contributed by atoms with van der Waals surface area (Å²) in [6.07, 6.45) is 1.71. The van der Waals surface area contributed by atoms with Crippen LogP contribution in [0.3, 0.4) is 0 Å². The molecule has 84 valence electrons. The van der Waals surface area contributed by atoms with Crippen LogP contribution in [0.25, 0.3) is 22.3 Å². The Balaban J connectivity index is 2.22. The number of aromatic nitrogens is 2. The standard InChI is InChI=1S/C14H11ClN2/c1-9-3-2-4-10(7-9)13-8-11-12(15)5-6-16-14(11)17-13/h2-8H,1H3,(H,16,17). The first-order valence-electron chi connectivity index (χ1n) is 5.44. The Morgan fingerprint density at radius 3 is 2.82 bits per heavy atom. The average molecular weight is 243 g/mol. The number of hydrogen-bond donors (Lipinski definition) is 1. The number of hydrogen-bond acceptors (Lipinski definition) is 1. The SMILES string of the molecule is Cc1cccc(-c2cc3c(Cl)ccnc3[nH]2)c1. The Labute approximate surface area is 104 Å². The van der Waals surface area contributed by atoms with Crippen LogP contribution in [0, 0.1) is 6.92 Å². The van der Waals surface area contributed by atoms with Gasteiger partial charge in [-0.15, -0.1) is 0 Å². The minimum Gasteiger partial charge on any atom is -0.339 e. The van der Waals surface area contributed by atoms with Crippen LogP contribution in [0.2, 0.25) is 5.02 Å². The van der Waals surface area contributed by atoms with E-state index in [1.165, 1.54) is 5.56 Å². The van der Waals surface area contributed by atoms with Crippen molar-refractivity contribution in [3.8, 4) is 11.3 Å². The van der Waals surface area contributed by atoms with Crippen LogP contribution in [-0.4, -0.2) is 9.97 Å². The topological polar surface area (TPSA) is 28.7 Å². The zero-order valence-electron chi connectivity index (χ0n) is 9.37. The Bertz CT molecular complexity index is 686. The summed E-state index contributed by atoms with van der Waals surface area (Å²) < 4.78 is 0. The first kappa shape index (κ1) is 10.4. The van der Waals surface area contributed by atoms with Gasteiger partial charge in [0.15, 0.2) is 0 Å². The molecule has 2 aromatic heterocycles. The largest absolute Gasteiger partial charge is 0.339 e. The third kappa shape index (κ3) is 1.81. The minimum atomic E-state index is 0.727. The monoisotopic (exact) mass is 242 g/mol.